The predicted octanol–water partition coefficient (Wildman–Crippen LogP) is 2.34. The van der Waals surface area contributed by atoms with Crippen LogP contribution in [0.15, 0.2) is 18.3 Å². The molecule has 1 aliphatic rings. The lowest BCUT2D eigenvalue weighted by atomic mass is 10.0. The second-order valence-corrected chi connectivity index (χ2v) is 5.09. The van der Waals surface area contributed by atoms with Crippen LogP contribution < -0.4 is 10.6 Å². The van der Waals surface area contributed by atoms with Crippen LogP contribution in [0.2, 0.25) is 0 Å². The van der Waals surface area contributed by atoms with Crippen molar-refractivity contribution in [2.24, 2.45) is 11.7 Å². The highest BCUT2D eigenvalue weighted by molar-refractivity contribution is 7.80. The van der Waals surface area contributed by atoms with Crippen LogP contribution in [0.4, 0.5) is 5.69 Å². The van der Waals surface area contributed by atoms with Gasteiger partial charge in [0.05, 0.1) is 5.69 Å². The standard InChI is InChI=1S/C13H19N3S/c1-2-3-10-5-7-16(9-10)11-4-6-15-12(8-11)13(14)17/h4,6,8,10H,2-3,5,7,9H2,1H3,(H2,14,17). The summed E-state index contributed by atoms with van der Waals surface area (Å²) in [5.41, 5.74) is 7.52. The van der Waals surface area contributed by atoms with E-state index in [4.69, 9.17) is 18.0 Å². The fourth-order valence-corrected chi connectivity index (χ4v) is 2.57. The molecule has 1 unspecified atom stereocenters. The molecule has 0 aromatic carbocycles. The third-order valence-electron chi connectivity index (χ3n) is 3.34. The van der Waals surface area contributed by atoms with E-state index in [1.54, 1.807) is 6.20 Å². The molecule has 2 rings (SSSR count). The first-order valence-electron chi connectivity index (χ1n) is 6.21. The first-order chi connectivity index (χ1) is 8.20. The number of hydrogen-bond acceptors (Lipinski definition) is 3. The maximum Gasteiger partial charge on any atom is 0.122 e. The lowest BCUT2D eigenvalue weighted by molar-refractivity contribution is 0.530. The lowest BCUT2D eigenvalue weighted by Crippen LogP contribution is -2.21. The second kappa shape index (κ2) is 5.45. The van der Waals surface area contributed by atoms with Crippen LogP contribution in [-0.2, 0) is 0 Å². The minimum Gasteiger partial charge on any atom is -0.388 e. The van der Waals surface area contributed by atoms with E-state index in [1.807, 2.05) is 12.1 Å². The van der Waals surface area contributed by atoms with Crippen molar-refractivity contribution in [3.8, 4) is 0 Å². The van der Waals surface area contributed by atoms with Crippen LogP contribution in [0, 0.1) is 5.92 Å². The van der Waals surface area contributed by atoms with E-state index in [0.29, 0.717) is 4.99 Å². The van der Waals surface area contributed by atoms with Gasteiger partial charge in [-0.3, -0.25) is 4.98 Å². The summed E-state index contributed by atoms with van der Waals surface area (Å²) in [7, 11) is 0. The molecular formula is C13H19N3S. The summed E-state index contributed by atoms with van der Waals surface area (Å²) in [4.78, 5) is 6.95. The van der Waals surface area contributed by atoms with Gasteiger partial charge < -0.3 is 10.6 Å². The van der Waals surface area contributed by atoms with Crippen molar-refractivity contribution < 1.29 is 0 Å². The number of hydrogen-bond donors (Lipinski definition) is 1. The molecule has 0 radical (unpaired) electrons. The number of nitrogens with zero attached hydrogens (tertiary/aromatic N) is 2. The zero-order valence-corrected chi connectivity index (χ0v) is 11.0. The highest BCUT2D eigenvalue weighted by atomic mass is 32.1. The van der Waals surface area contributed by atoms with Gasteiger partial charge >= 0.3 is 0 Å². The molecule has 0 aliphatic carbocycles. The summed E-state index contributed by atoms with van der Waals surface area (Å²) >= 11 is 4.96. The van der Waals surface area contributed by atoms with Crippen LogP contribution in [-0.4, -0.2) is 23.1 Å². The number of anilines is 1. The van der Waals surface area contributed by atoms with Crippen molar-refractivity contribution >= 4 is 22.9 Å². The highest BCUT2D eigenvalue weighted by Crippen LogP contribution is 2.26. The fourth-order valence-electron chi connectivity index (χ4n) is 2.46. The Balaban J connectivity index is 2.08. The van der Waals surface area contributed by atoms with Gasteiger partial charge in [0.1, 0.15) is 4.99 Å². The number of thiocarbonyl (C=S) groups is 1. The molecule has 1 aliphatic heterocycles. The Bertz CT molecular complexity index is 405. The molecule has 4 heteroatoms. The van der Waals surface area contributed by atoms with Gasteiger partial charge in [0.15, 0.2) is 0 Å². The summed E-state index contributed by atoms with van der Waals surface area (Å²) < 4.78 is 0. The molecule has 17 heavy (non-hydrogen) atoms. The SMILES string of the molecule is CCCC1CCN(c2ccnc(C(N)=S)c2)C1. The topological polar surface area (TPSA) is 42.2 Å². The summed E-state index contributed by atoms with van der Waals surface area (Å²) in [6.45, 7) is 4.53. The van der Waals surface area contributed by atoms with Crippen LogP contribution in [0.1, 0.15) is 31.9 Å². The van der Waals surface area contributed by atoms with Crippen LogP contribution in [0.25, 0.3) is 0 Å². The Morgan fingerprint density at radius 2 is 2.47 bits per heavy atom. The van der Waals surface area contributed by atoms with Gasteiger partial charge in [-0.25, -0.2) is 0 Å². The summed E-state index contributed by atoms with van der Waals surface area (Å²) in [6, 6.07) is 4.03. The van der Waals surface area contributed by atoms with E-state index in [9.17, 15) is 0 Å². The maximum absolute atomic E-state index is 5.61. The molecule has 3 nitrogen and oxygen atoms in total. The molecule has 1 atom stereocenters. The number of rotatable bonds is 4. The third-order valence-corrected chi connectivity index (χ3v) is 3.55. The van der Waals surface area contributed by atoms with Crippen molar-refractivity contribution in [2.45, 2.75) is 26.2 Å². The van der Waals surface area contributed by atoms with E-state index in [-0.39, 0.29) is 0 Å². The van der Waals surface area contributed by atoms with E-state index < -0.39 is 0 Å². The molecule has 2 N–H and O–H groups in total. The van der Waals surface area contributed by atoms with Gasteiger partial charge in [-0.15, -0.1) is 0 Å². The molecule has 0 saturated carbocycles. The molecule has 1 aromatic rings. The highest BCUT2D eigenvalue weighted by Gasteiger charge is 2.22. The molecule has 1 saturated heterocycles. The Labute approximate surface area is 108 Å². The average molecular weight is 249 g/mol. The van der Waals surface area contributed by atoms with Gasteiger partial charge in [0.2, 0.25) is 0 Å². The largest absolute Gasteiger partial charge is 0.388 e. The van der Waals surface area contributed by atoms with Crippen LogP contribution in [0.5, 0.6) is 0 Å². The summed E-state index contributed by atoms with van der Waals surface area (Å²) in [5.74, 6) is 0.835. The number of pyridine rings is 1. The van der Waals surface area contributed by atoms with Gasteiger partial charge in [-0.2, -0.15) is 0 Å². The quantitative estimate of drug-likeness (QED) is 0.832. The molecule has 92 valence electrons. The Hall–Kier alpha value is -1.16. The Morgan fingerprint density at radius 3 is 3.18 bits per heavy atom. The van der Waals surface area contributed by atoms with E-state index in [0.717, 1.165) is 24.7 Å². The minimum atomic E-state index is 0.371. The van der Waals surface area contributed by atoms with Crippen LogP contribution >= 0.6 is 12.2 Å². The van der Waals surface area contributed by atoms with Gasteiger partial charge in [-0.05, 0) is 30.9 Å². The Morgan fingerprint density at radius 1 is 1.65 bits per heavy atom. The zero-order valence-electron chi connectivity index (χ0n) is 10.2. The van der Waals surface area contributed by atoms with Gasteiger partial charge in [0, 0.05) is 25.0 Å². The lowest BCUT2D eigenvalue weighted by Gasteiger charge is -2.19. The maximum atomic E-state index is 5.61. The molecule has 1 fully saturated rings. The first-order valence-corrected chi connectivity index (χ1v) is 6.62. The predicted molar refractivity (Wildman–Crippen MR) is 75.4 cm³/mol. The minimum absolute atomic E-state index is 0.371. The van der Waals surface area contributed by atoms with Crippen LogP contribution in [0.3, 0.4) is 0 Å². The molecule has 0 spiro atoms. The van der Waals surface area contributed by atoms with Crippen molar-refractivity contribution in [2.75, 3.05) is 18.0 Å². The summed E-state index contributed by atoms with van der Waals surface area (Å²) in [5, 5.41) is 0. The summed E-state index contributed by atoms with van der Waals surface area (Å²) in [6.07, 6.45) is 5.67. The third kappa shape index (κ3) is 2.94. The number of aromatic nitrogens is 1. The first kappa shape index (κ1) is 12.3. The van der Waals surface area contributed by atoms with E-state index in [1.165, 1.54) is 24.9 Å². The smallest absolute Gasteiger partial charge is 0.122 e. The molecule has 1 aromatic heterocycles. The molecule has 0 bridgehead atoms. The number of nitrogens with two attached hydrogens (primary N) is 1. The van der Waals surface area contributed by atoms with Crippen molar-refractivity contribution in [3.63, 3.8) is 0 Å². The van der Waals surface area contributed by atoms with E-state index >= 15 is 0 Å². The van der Waals surface area contributed by atoms with Crippen molar-refractivity contribution in [1.82, 2.24) is 4.98 Å². The monoisotopic (exact) mass is 249 g/mol. The molecule has 2 heterocycles. The zero-order chi connectivity index (χ0) is 12.3. The second-order valence-electron chi connectivity index (χ2n) is 4.65. The molecule has 0 amide bonds. The Kier molecular flexibility index (Phi) is 3.94. The van der Waals surface area contributed by atoms with E-state index in [2.05, 4.69) is 16.8 Å². The fraction of sp³-hybridized carbons (Fsp3) is 0.538. The average Bonchev–Trinajstić information content (AvgIpc) is 2.78. The normalized spacial score (nSPS) is 19.6. The van der Waals surface area contributed by atoms with Gasteiger partial charge in [-0.1, -0.05) is 25.6 Å². The van der Waals surface area contributed by atoms with Crippen molar-refractivity contribution in [3.05, 3.63) is 24.0 Å². The molecular weight excluding hydrogens is 230 g/mol. The van der Waals surface area contributed by atoms with Gasteiger partial charge in [0.25, 0.3) is 0 Å². The van der Waals surface area contributed by atoms with Crippen molar-refractivity contribution in [1.29, 1.82) is 0 Å².